The van der Waals surface area contributed by atoms with Crippen LogP contribution in [0, 0.1) is 0 Å². The molecule has 2 fully saturated rings. The van der Waals surface area contributed by atoms with Gasteiger partial charge in [-0.1, -0.05) is 36.6 Å². The average Bonchev–Trinajstić information content (AvgIpc) is 3.17. The fourth-order valence-corrected chi connectivity index (χ4v) is 3.25. The lowest BCUT2D eigenvalue weighted by molar-refractivity contribution is -0.154. The van der Waals surface area contributed by atoms with Crippen LogP contribution >= 0.6 is 11.6 Å². The van der Waals surface area contributed by atoms with E-state index in [4.69, 9.17) is 16.3 Å². The van der Waals surface area contributed by atoms with Gasteiger partial charge in [-0.25, -0.2) is 0 Å². The summed E-state index contributed by atoms with van der Waals surface area (Å²) in [5, 5.41) is 3.47. The number of nitrogens with one attached hydrogen (secondary N) is 1. The molecule has 0 unspecified atom stereocenters. The minimum Gasteiger partial charge on any atom is -0.455 e. The van der Waals surface area contributed by atoms with Gasteiger partial charge in [-0.2, -0.15) is 0 Å². The molecule has 0 spiro atoms. The zero-order chi connectivity index (χ0) is 15.6. The van der Waals surface area contributed by atoms with Crippen LogP contribution < -0.4 is 5.32 Å². The van der Waals surface area contributed by atoms with Crippen molar-refractivity contribution in [3.63, 3.8) is 0 Å². The van der Waals surface area contributed by atoms with Crippen LogP contribution in [0.25, 0.3) is 0 Å². The standard InChI is InChI=1S/C17H20ClNO3/c18-13-5-3-12(4-6-13)17(9-1-2-10-17)16(21)22-11-15(20)19-14-7-8-14/h3-6,14H,1-2,7-11H2,(H,19,20). The highest BCUT2D eigenvalue weighted by molar-refractivity contribution is 6.30. The molecule has 1 aromatic rings. The van der Waals surface area contributed by atoms with Gasteiger partial charge in [0.25, 0.3) is 5.91 Å². The van der Waals surface area contributed by atoms with E-state index >= 15 is 0 Å². The number of ether oxygens (including phenoxy) is 1. The number of rotatable bonds is 5. The van der Waals surface area contributed by atoms with Gasteiger partial charge < -0.3 is 10.1 Å². The molecule has 1 amide bonds. The summed E-state index contributed by atoms with van der Waals surface area (Å²) >= 11 is 5.93. The third kappa shape index (κ3) is 3.27. The van der Waals surface area contributed by atoms with Crippen LogP contribution in [0.2, 0.25) is 5.02 Å². The molecule has 0 saturated heterocycles. The minimum absolute atomic E-state index is 0.190. The fourth-order valence-electron chi connectivity index (χ4n) is 3.12. The Morgan fingerprint density at radius 2 is 1.82 bits per heavy atom. The Balaban J connectivity index is 1.68. The first kappa shape index (κ1) is 15.3. The van der Waals surface area contributed by atoms with Crippen molar-refractivity contribution in [1.82, 2.24) is 5.32 Å². The second kappa shape index (κ2) is 6.29. The Bertz CT molecular complexity index is 560. The second-order valence-electron chi connectivity index (χ2n) is 6.21. The van der Waals surface area contributed by atoms with Crippen LogP contribution in [0.5, 0.6) is 0 Å². The van der Waals surface area contributed by atoms with Crippen molar-refractivity contribution in [3.05, 3.63) is 34.9 Å². The summed E-state index contributed by atoms with van der Waals surface area (Å²) in [4.78, 5) is 24.3. The molecule has 2 saturated carbocycles. The average molecular weight is 322 g/mol. The largest absolute Gasteiger partial charge is 0.455 e. The van der Waals surface area contributed by atoms with Gasteiger partial charge in [-0.05, 0) is 43.4 Å². The highest BCUT2D eigenvalue weighted by atomic mass is 35.5. The second-order valence-corrected chi connectivity index (χ2v) is 6.65. The summed E-state index contributed by atoms with van der Waals surface area (Å²) in [6.45, 7) is -0.190. The minimum atomic E-state index is -0.621. The van der Waals surface area contributed by atoms with E-state index < -0.39 is 5.41 Å². The monoisotopic (exact) mass is 321 g/mol. The Kier molecular flexibility index (Phi) is 4.39. The Morgan fingerprint density at radius 3 is 2.41 bits per heavy atom. The van der Waals surface area contributed by atoms with Crippen molar-refractivity contribution < 1.29 is 14.3 Å². The quantitative estimate of drug-likeness (QED) is 0.848. The summed E-state index contributed by atoms with van der Waals surface area (Å²) in [6.07, 6.45) is 5.55. The van der Waals surface area contributed by atoms with Gasteiger partial charge in [0.2, 0.25) is 0 Å². The van der Waals surface area contributed by atoms with Gasteiger partial charge in [-0.15, -0.1) is 0 Å². The molecule has 2 aliphatic rings. The van der Waals surface area contributed by atoms with Crippen molar-refractivity contribution in [3.8, 4) is 0 Å². The molecule has 0 aliphatic heterocycles. The molecule has 5 heteroatoms. The number of benzene rings is 1. The maximum Gasteiger partial charge on any atom is 0.317 e. The molecule has 1 aromatic carbocycles. The van der Waals surface area contributed by atoms with E-state index in [9.17, 15) is 9.59 Å². The number of hydrogen-bond donors (Lipinski definition) is 1. The number of amides is 1. The van der Waals surface area contributed by atoms with E-state index in [0.29, 0.717) is 5.02 Å². The van der Waals surface area contributed by atoms with Crippen LogP contribution in [0.15, 0.2) is 24.3 Å². The van der Waals surface area contributed by atoms with Gasteiger partial charge in [-0.3, -0.25) is 9.59 Å². The predicted octanol–water partition coefficient (Wildman–Crippen LogP) is 2.97. The molecule has 0 bridgehead atoms. The van der Waals surface area contributed by atoms with E-state index in [1.165, 1.54) is 0 Å². The molecular formula is C17H20ClNO3. The molecule has 0 atom stereocenters. The lowest BCUT2D eigenvalue weighted by Gasteiger charge is -2.27. The van der Waals surface area contributed by atoms with Crippen molar-refractivity contribution >= 4 is 23.5 Å². The van der Waals surface area contributed by atoms with Crippen LogP contribution in [-0.4, -0.2) is 24.5 Å². The van der Waals surface area contributed by atoms with E-state index in [1.54, 1.807) is 12.1 Å². The molecule has 2 aliphatic carbocycles. The smallest absolute Gasteiger partial charge is 0.317 e. The normalized spacial score (nSPS) is 19.7. The summed E-state index contributed by atoms with van der Waals surface area (Å²) in [7, 11) is 0. The maximum absolute atomic E-state index is 12.6. The zero-order valence-electron chi connectivity index (χ0n) is 12.4. The Morgan fingerprint density at radius 1 is 1.18 bits per heavy atom. The highest BCUT2D eigenvalue weighted by Crippen LogP contribution is 2.42. The first-order chi connectivity index (χ1) is 10.6. The molecule has 0 heterocycles. The first-order valence-electron chi connectivity index (χ1n) is 7.83. The van der Waals surface area contributed by atoms with E-state index in [1.807, 2.05) is 12.1 Å². The zero-order valence-corrected chi connectivity index (χ0v) is 13.2. The van der Waals surface area contributed by atoms with Crippen molar-refractivity contribution in [2.75, 3.05) is 6.61 Å². The Labute approximate surface area is 135 Å². The number of carbonyl (C=O) groups excluding carboxylic acids is 2. The van der Waals surface area contributed by atoms with Crippen LogP contribution in [0.3, 0.4) is 0 Å². The summed E-state index contributed by atoms with van der Waals surface area (Å²) < 4.78 is 5.32. The molecule has 118 valence electrons. The summed E-state index contributed by atoms with van der Waals surface area (Å²) in [5.74, 6) is -0.502. The van der Waals surface area contributed by atoms with Crippen molar-refractivity contribution in [1.29, 1.82) is 0 Å². The lowest BCUT2D eigenvalue weighted by Crippen LogP contribution is -2.38. The maximum atomic E-state index is 12.6. The van der Waals surface area contributed by atoms with Crippen LogP contribution in [0.1, 0.15) is 44.1 Å². The van der Waals surface area contributed by atoms with E-state index in [-0.39, 0.29) is 24.5 Å². The van der Waals surface area contributed by atoms with Crippen molar-refractivity contribution in [2.45, 2.75) is 50.0 Å². The van der Waals surface area contributed by atoms with E-state index in [0.717, 1.165) is 44.1 Å². The van der Waals surface area contributed by atoms with Crippen LogP contribution in [0.4, 0.5) is 0 Å². The third-order valence-corrected chi connectivity index (χ3v) is 4.77. The highest BCUT2D eigenvalue weighted by Gasteiger charge is 2.44. The summed E-state index contributed by atoms with van der Waals surface area (Å²) in [5.41, 5.74) is 0.312. The number of esters is 1. The Hall–Kier alpha value is -1.55. The third-order valence-electron chi connectivity index (χ3n) is 4.52. The number of carbonyl (C=O) groups is 2. The number of hydrogen-bond acceptors (Lipinski definition) is 3. The molecule has 4 nitrogen and oxygen atoms in total. The van der Waals surface area contributed by atoms with Gasteiger partial charge >= 0.3 is 5.97 Å². The van der Waals surface area contributed by atoms with E-state index in [2.05, 4.69) is 5.32 Å². The molecule has 0 aromatic heterocycles. The predicted molar refractivity (Wildman–Crippen MR) is 83.7 cm³/mol. The van der Waals surface area contributed by atoms with Crippen LogP contribution in [-0.2, 0) is 19.7 Å². The first-order valence-corrected chi connectivity index (χ1v) is 8.21. The molecule has 22 heavy (non-hydrogen) atoms. The fraction of sp³-hybridized carbons (Fsp3) is 0.529. The molecular weight excluding hydrogens is 302 g/mol. The van der Waals surface area contributed by atoms with Gasteiger partial charge in [0.05, 0.1) is 5.41 Å². The molecule has 0 radical (unpaired) electrons. The lowest BCUT2D eigenvalue weighted by atomic mass is 9.79. The van der Waals surface area contributed by atoms with Crippen molar-refractivity contribution in [2.24, 2.45) is 0 Å². The van der Waals surface area contributed by atoms with Gasteiger partial charge in [0.1, 0.15) is 0 Å². The molecule has 3 rings (SSSR count). The summed E-state index contributed by atoms with van der Waals surface area (Å²) in [6, 6.07) is 7.65. The number of halogens is 1. The topological polar surface area (TPSA) is 55.4 Å². The van der Waals surface area contributed by atoms with Gasteiger partial charge in [0.15, 0.2) is 6.61 Å². The van der Waals surface area contributed by atoms with Gasteiger partial charge in [0, 0.05) is 11.1 Å². The molecule has 1 N–H and O–H groups in total. The SMILES string of the molecule is O=C(COC(=O)C1(c2ccc(Cl)cc2)CCCC1)NC1CC1.